The van der Waals surface area contributed by atoms with Crippen LogP contribution in [0.2, 0.25) is 0 Å². The van der Waals surface area contributed by atoms with Gasteiger partial charge in [-0.1, -0.05) is 17.7 Å². The molecule has 0 amide bonds. The number of rotatable bonds is 2. The summed E-state index contributed by atoms with van der Waals surface area (Å²) in [6, 6.07) is 8.36. The molecule has 1 N–H and O–H groups in total. The van der Waals surface area contributed by atoms with Crippen LogP contribution in [0.4, 0.5) is 5.69 Å². The van der Waals surface area contributed by atoms with Gasteiger partial charge in [-0.15, -0.1) is 0 Å². The van der Waals surface area contributed by atoms with Crippen LogP contribution in [0.15, 0.2) is 24.3 Å². The van der Waals surface area contributed by atoms with Crippen LogP contribution in [0.1, 0.15) is 12.5 Å². The third-order valence-corrected chi connectivity index (χ3v) is 2.55. The highest BCUT2D eigenvalue weighted by atomic mass is 32.1. The number of aryl methyl sites for hydroxylation is 1. The average Bonchev–Trinajstić information content (AvgIpc) is 2.21. The highest BCUT2D eigenvalue weighted by Gasteiger charge is 2.07. The molecule has 0 fully saturated rings. The third-order valence-electron chi connectivity index (χ3n) is 2.12. The lowest BCUT2D eigenvalue weighted by Gasteiger charge is -2.23. The largest absolute Gasteiger partial charge is 0.365 e. The van der Waals surface area contributed by atoms with Gasteiger partial charge >= 0.3 is 0 Å². The molecular weight excluding hydrogens is 192 g/mol. The predicted molar refractivity (Wildman–Crippen MR) is 65.9 cm³/mol. The molecule has 0 saturated carbocycles. The summed E-state index contributed by atoms with van der Waals surface area (Å²) in [4.78, 5) is 2.06. The summed E-state index contributed by atoms with van der Waals surface area (Å²) in [6.45, 7) is 5.04. The minimum absolute atomic E-state index is 0.761. The van der Waals surface area contributed by atoms with Crippen molar-refractivity contribution in [2.75, 3.05) is 18.5 Å². The van der Waals surface area contributed by atoms with Gasteiger partial charge in [0.25, 0.3) is 0 Å². The van der Waals surface area contributed by atoms with Crippen molar-refractivity contribution in [1.82, 2.24) is 5.32 Å². The molecular formula is C11H16N2S. The number of nitrogens with zero attached hydrogens (tertiary/aromatic N) is 1. The fraction of sp³-hybridized carbons (Fsp3) is 0.364. The molecule has 0 atom stereocenters. The Labute approximate surface area is 90.9 Å². The summed E-state index contributed by atoms with van der Waals surface area (Å²) < 4.78 is 0. The van der Waals surface area contributed by atoms with E-state index in [2.05, 4.69) is 48.3 Å². The summed E-state index contributed by atoms with van der Waals surface area (Å²) in [7, 11) is 1.85. The first-order valence-electron chi connectivity index (χ1n) is 4.75. The minimum atomic E-state index is 0.761. The number of thiocarbonyl (C=S) groups is 1. The van der Waals surface area contributed by atoms with Crippen molar-refractivity contribution in [2.24, 2.45) is 0 Å². The summed E-state index contributed by atoms with van der Waals surface area (Å²) in [5.74, 6) is 0. The lowest BCUT2D eigenvalue weighted by Crippen LogP contribution is -2.37. The molecule has 0 aliphatic carbocycles. The first-order valence-corrected chi connectivity index (χ1v) is 5.15. The third kappa shape index (κ3) is 2.45. The van der Waals surface area contributed by atoms with Crippen LogP contribution in [0.5, 0.6) is 0 Å². The fourth-order valence-corrected chi connectivity index (χ4v) is 1.54. The predicted octanol–water partition coefficient (Wildman–Crippen LogP) is 2.33. The first kappa shape index (κ1) is 11.0. The maximum absolute atomic E-state index is 5.21. The van der Waals surface area contributed by atoms with Crippen LogP contribution in [-0.2, 0) is 0 Å². The van der Waals surface area contributed by atoms with Crippen molar-refractivity contribution in [1.29, 1.82) is 0 Å². The molecule has 2 nitrogen and oxygen atoms in total. The Bertz CT molecular complexity index is 306. The van der Waals surface area contributed by atoms with Crippen molar-refractivity contribution >= 4 is 23.0 Å². The normalized spacial score (nSPS) is 9.64. The van der Waals surface area contributed by atoms with Gasteiger partial charge in [0.15, 0.2) is 5.11 Å². The van der Waals surface area contributed by atoms with Gasteiger partial charge in [-0.25, -0.2) is 0 Å². The van der Waals surface area contributed by atoms with E-state index in [0.717, 1.165) is 17.3 Å². The van der Waals surface area contributed by atoms with Crippen LogP contribution >= 0.6 is 12.2 Å². The average molecular weight is 208 g/mol. The molecule has 0 unspecified atom stereocenters. The number of nitrogens with one attached hydrogen (secondary N) is 1. The quantitative estimate of drug-likeness (QED) is 0.751. The van der Waals surface area contributed by atoms with E-state index in [0.29, 0.717) is 0 Å². The zero-order chi connectivity index (χ0) is 10.6. The summed E-state index contributed by atoms with van der Waals surface area (Å²) in [6.07, 6.45) is 0. The maximum atomic E-state index is 5.21. The first-order chi connectivity index (χ1) is 6.69. The van der Waals surface area contributed by atoms with Gasteiger partial charge in [0.1, 0.15) is 0 Å². The Morgan fingerprint density at radius 1 is 1.36 bits per heavy atom. The van der Waals surface area contributed by atoms with E-state index in [9.17, 15) is 0 Å². The molecule has 0 radical (unpaired) electrons. The van der Waals surface area contributed by atoms with E-state index in [1.165, 1.54) is 5.56 Å². The topological polar surface area (TPSA) is 15.3 Å². The summed E-state index contributed by atoms with van der Waals surface area (Å²) in [5.41, 5.74) is 2.40. The molecule has 0 spiro atoms. The van der Waals surface area contributed by atoms with E-state index in [1.54, 1.807) is 0 Å². The van der Waals surface area contributed by atoms with E-state index < -0.39 is 0 Å². The molecule has 0 heterocycles. The molecule has 14 heavy (non-hydrogen) atoms. The van der Waals surface area contributed by atoms with Gasteiger partial charge in [0, 0.05) is 19.3 Å². The summed E-state index contributed by atoms with van der Waals surface area (Å²) in [5, 5.41) is 3.75. The van der Waals surface area contributed by atoms with Crippen LogP contribution in [0.25, 0.3) is 0 Å². The zero-order valence-corrected chi connectivity index (χ0v) is 9.69. The second kappa shape index (κ2) is 4.96. The number of hydrogen-bond donors (Lipinski definition) is 1. The van der Waals surface area contributed by atoms with Gasteiger partial charge in [-0.3, -0.25) is 0 Å². The Kier molecular flexibility index (Phi) is 3.89. The van der Waals surface area contributed by atoms with Gasteiger partial charge in [0.05, 0.1) is 0 Å². The number of hydrogen-bond acceptors (Lipinski definition) is 1. The van der Waals surface area contributed by atoms with E-state index in [4.69, 9.17) is 12.2 Å². The monoisotopic (exact) mass is 208 g/mol. The molecule has 0 aliphatic rings. The Morgan fingerprint density at radius 3 is 2.36 bits per heavy atom. The van der Waals surface area contributed by atoms with Gasteiger partial charge in [0.2, 0.25) is 0 Å². The standard InChI is InChI=1S/C11H16N2S/c1-4-13(11(14)12-3)10-7-5-9(2)6-8-10/h5-8H,4H2,1-3H3,(H,12,14). The zero-order valence-electron chi connectivity index (χ0n) is 8.87. The minimum Gasteiger partial charge on any atom is -0.365 e. The van der Waals surface area contributed by atoms with E-state index >= 15 is 0 Å². The molecule has 1 aromatic carbocycles. The molecule has 76 valence electrons. The van der Waals surface area contributed by atoms with Crippen molar-refractivity contribution < 1.29 is 0 Å². The highest BCUT2D eigenvalue weighted by Crippen LogP contribution is 2.14. The molecule has 3 heteroatoms. The van der Waals surface area contributed by atoms with E-state index in [-0.39, 0.29) is 0 Å². The number of benzene rings is 1. The van der Waals surface area contributed by atoms with Crippen LogP contribution < -0.4 is 10.2 Å². The molecule has 0 bridgehead atoms. The molecule has 0 aliphatic heterocycles. The fourth-order valence-electron chi connectivity index (χ4n) is 1.30. The molecule has 0 aromatic heterocycles. The Hall–Kier alpha value is -1.09. The van der Waals surface area contributed by atoms with Crippen LogP contribution in [-0.4, -0.2) is 18.7 Å². The van der Waals surface area contributed by atoms with Gasteiger partial charge in [-0.2, -0.15) is 0 Å². The van der Waals surface area contributed by atoms with Gasteiger partial charge < -0.3 is 10.2 Å². The second-order valence-electron chi connectivity index (χ2n) is 3.13. The van der Waals surface area contributed by atoms with Gasteiger partial charge in [-0.05, 0) is 38.2 Å². The maximum Gasteiger partial charge on any atom is 0.173 e. The molecule has 0 saturated heterocycles. The number of anilines is 1. The lowest BCUT2D eigenvalue weighted by molar-refractivity contribution is 1.01. The van der Waals surface area contributed by atoms with Crippen molar-refractivity contribution in [3.05, 3.63) is 29.8 Å². The Morgan fingerprint density at radius 2 is 1.93 bits per heavy atom. The van der Waals surface area contributed by atoms with Crippen LogP contribution in [0, 0.1) is 6.92 Å². The Balaban J connectivity index is 2.89. The second-order valence-corrected chi connectivity index (χ2v) is 3.52. The van der Waals surface area contributed by atoms with Crippen molar-refractivity contribution in [3.63, 3.8) is 0 Å². The highest BCUT2D eigenvalue weighted by molar-refractivity contribution is 7.80. The van der Waals surface area contributed by atoms with Crippen LogP contribution in [0.3, 0.4) is 0 Å². The molecule has 1 rings (SSSR count). The van der Waals surface area contributed by atoms with Crippen molar-refractivity contribution in [3.8, 4) is 0 Å². The van der Waals surface area contributed by atoms with Crippen molar-refractivity contribution in [2.45, 2.75) is 13.8 Å². The lowest BCUT2D eigenvalue weighted by atomic mass is 10.2. The van der Waals surface area contributed by atoms with E-state index in [1.807, 2.05) is 7.05 Å². The smallest absolute Gasteiger partial charge is 0.173 e. The molecule has 1 aromatic rings. The SMILES string of the molecule is CCN(C(=S)NC)c1ccc(C)cc1. The summed E-state index contributed by atoms with van der Waals surface area (Å²) >= 11 is 5.21.